The fourth-order valence-electron chi connectivity index (χ4n) is 0. The van der Waals surface area contributed by atoms with Gasteiger partial charge in [-0.05, 0) is 0 Å². The number of quaternary nitrogens is 1. The predicted molar refractivity (Wildman–Crippen MR) is 25.5 cm³/mol. The second-order valence-corrected chi connectivity index (χ2v) is 6.42. The van der Waals surface area contributed by atoms with Crippen LogP contribution < -0.4 is 9.98 Å². The van der Waals surface area contributed by atoms with Crippen LogP contribution in [0.4, 0.5) is 0 Å². The second kappa shape index (κ2) is 13.8. The van der Waals surface area contributed by atoms with E-state index in [1.54, 1.807) is 0 Å². The van der Waals surface area contributed by atoms with Crippen molar-refractivity contribution in [2.75, 3.05) is 0 Å². The van der Waals surface area contributed by atoms with E-state index in [0.29, 0.717) is 0 Å². The Labute approximate surface area is 99.4 Å². The summed E-state index contributed by atoms with van der Waals surface area (Å²) in [5.74, 6) is 0. The van der Waals surface area contributed by atoms with E-state index in [9.17, 15) is 0 Å². The molecule has 0 aromatic rings. The van der Waals surface area contributed by atoms with Crippen LogP contribution in [-0.2, 0) is 42.7 Å². The van der Waals surface area contributed by atoms with Crippen molar-refractivity contribution in [2.45, 2.75) is 0 Å². The molecule has 65 valence electrons. The Hall–Kier alpha value is 2.25. The first-order valence-electron chi connectivity index (χ1n) is 0.856. The van der Waals surface area contributed by atoms with Gasteiger partial charge in [0.1, 0.15) is 0 Å². The van der Waals surface area contributed by atoms with Gasteiger partial charge in [0.2, 0.25) is 0 Å². The molecule has 10 heavy (non-hydrogen) atoms. The number of hydrogen-bond acceptors (Lipinski definition) is 4. The molecule has 0 aliphatic carbocycles. The third-order valence-electron chi connectivity index (χ3n) is 0. The molecule has 0 unspecified atom stereocenters. The average Bonchev–Trinajstić information content (AvgIpc) is 1.27. The third kappa shape index (κ3) is 173. The molecule has 4 N–H and O–H groups in total. The molecular weight excluding hydrogens is 553 g/mol. The minimum absolute atomic E-state index is 0. The topological polar surface area (TPSA) is 111 Å². The SMILES string of the molecule is [Cl][Pt][Cl].[NH4+].[Na].[O]=[Re](=[O])(=[O])[O-]. The quantitative estimate of drug-likeness (QED) is 0.417. The van der Waals surface area contributed by atoms with Gasteiger partial charge >= 0.3 is 65.3 Å². The van der Waals surface area contributed by atoms with Gasteiger partial charge in [0, 0.05) is 29.6 Å². The average molecular weight is 557 g/mol. The molecule has 0 aliphatic heterocycles. The Kier molecular flexibility index (Phi) is 31.5. The van der Waals surface area contributed by atoms with Crippen LogP contribution in [0.5, 0.6) is 0 Å². The molecule has 0 saturated heterocycles. The van der Waals surface area contributed by atoms with E-state index in [2.05, 4.69) is 0 Å². The summed E-state index contributed by atoms with van der Waals surface area (Å²) in [6, 6.07) is 0. The van der Waals surface area contributed by atoms with Crippen molar-refractivity contribution in [2.24, 2.45) is 0 Å². The summed E-state index contributed by atoms with van der Waals surface area (Å²) in [7, 11) is 9.75. The van der Waals surface area contributed by atoms with Gasteiger partial charge in [0.25, 0.3) is 0 Å². The van der Waals surface area contributed by atoms with Gasteiger partial charge in [-0.1, -0.05) is 0 Å². The first kappa shape index (κ1) is 22.8. The number of hydrogen-bond donors (Lipinski definition) is 1. The summed E-state index contributed by atoms with van der Waals surface area (Å²) in [5.41, 5.74) is 0. The van der Waals surface area contributed by atoms with E-state index < -0.39 is 32.3 Å². The minimum atomic E-state index is -6.11. The second-order valence-electron chi connectivity index (χ2n) is 0.423. The van der Waals surface area contributed by atoms with Crippen molar-refractivity contribution in [1.29, 1.82) is 0 Å². The van der Waals surface area contributed by atoms with Gasteiger partial charge in [-0.15, -0.1) is 0 Å². The Morgan fingerprint density at radius 1 is 1.20 bits per heavy atom. The Balaban J connectivity index is -0.0000000326. The van der Waals surface area contributed by atoms with Crippen molar-refractivity contribution in [3.05, 3.63) is 0 Å². The molecule has 0 aromatic carbocycles. The molecule has 1 radical (unpaired) electrons. The standard InChI is InChI=1S/2ClH.H3N.Na.4O.Pt.Re/h2*1H;1H3;;;;;;;/q;;;;;;;-1;+2;/p-1. The van der Waals surface area contributed by atoms with Crippen LogP contribution in [0, 0.1) is 0 Å². The van der Waals surface area contributed by atoms with Crippen LogP contribution in [-0.4, -0.2) is 29.6 Å². The van der Waals surface area contributed by atoms with E-state index in [4.69, 9.17) is 33.1 Å². The van der Waals surface area contributed by atoms with Crippen LogP contribution >= 0.6 is 18.8 Å². The molecule has 0 saturated carbocycles. The van der Waals surface area contributed by atoms with E-state index in [0.717, 1.165) is 0 Å². The first-order valence-corrected chi connectivity index (χ1v) is 10.9. The summed E-state index contributed by atoms with van der Waals surface area (Å²) in [5, 5.41) is 0. The van der Waals surface area contributed by atoms with Crippen molar-refractivity contribution < 1.29 is 46.5 Å². The first-order chi connectivity index (χ1) is 3.41. The maximum atomic E-state index is 8.64. The van der Waals surface area contributed by atoms with Gasteiger partial charge < -0.3 is 6.15 Å². The molecule has 0 spiro atoms. The molecule has 0 heterocycles. The molecule has 10 heteroatoms. The molecule has 0 atom stereocenters. The van der Waals surface area contributed by atoms with Crippen LogP contribution in [0.15, 0.2) is 0 Å². The predicted octanol–water partition coefficient (Wildman–Crippen LogP) is -0.176. The van der Waals surface area contributed by atoms with Crippen molar-refractivity contribution in [1.82, 2.24) is 6.15 Å². The molecule has 0 aliphatic rings. The van der Waals surface area contributed by atoms with Gasteiger partial charge in [0.05, 0.1) is 0 Å². The molecule has 0 aromatic heterocycles. The molecule has 0 rings (SSSR count). The monoisotopic (exact) mass is 557 g/mol. The fourth-order valence-corrected chi connectivity index (χ4v) is 0. The molecule has 0 bridgehead atoms. The maximum absolute atomic E-state index is 8.64. The third-order valence-corrected chi connectivity index (χ3v) is 0. The summed E-state index contributed by atoms with van der Waals surface area (Å²) in [6.45, 7) is 0. The summed E-state index contributed by atoms with van der Waals surface area (Å²) < 4.78 is 34.6. The van der Waals surface area contributed by atoms with Crippen molar-refractivity contribution >= 4 is 48.4 Å². The number of halogens is 2. The van der Waals surface area contributed by atoms with E-state index >= 15 is 0 Å². The molecule has 0 amide bonds. The fraction of sp³-hybridized carbons (Fsp3) is 0. The van der Waals surface area contributed by atoms with Gasteiger partial charge in [-0.25, -0.2) is 0 Å². The van der Waals surface area contributed by atoms with Gasteiger partial charge in [-0.2, -0.15) is 0 Å². The molecule has 0 fully saturated rings. The van der Waals surface area contributed by atoms with Crippen molar-refractivity contribution in [3.8, 4) is 0 Å². The molecular formula is H4Cl2NNaO4PtRe. The zero-order valence-corrected chi connectivity index (χ0v) is 13.6. The summed E-state index contributed by atoms with van der Waals surface area (Å²) in [4.78, 5) is 0. The van der Waals surface area contributed by atoms with E-state index in [1.807, 2.05) is 0 Å². The van der Waals surface area contributed by atoms with Crippen molar-refractivity contribution in [3.63, 3.8) is 0 Å². The molecule has 5 nitrogen and oxygen atoms in total. The Morgan fingerprint density at radius 2 is 1.20 bits per heavy atom. The van der Waals surface area contributed by atoms with Gasteiger partial charge in [0.15, 0.2) is 0 Å². The zero-order chi connectivity index (χ0) is 7.21. The normalized spacial score (nSPS) is 7.90. The summed E-state index contributed by atoms with van der Waals surface area (Å²) >= 11 is -6.58. The van der Waals surface area contributed by atoms with Crippen LogP contribution in [0.3, 0.4) is 0 Å². The Morgan fingerprint density at radius 3 is 1.20 bits per heavy atom. The van der Waals surface area contributed by atoms with E-state index in [1.165, 1.54) is 0 Å². The van der Waals surface area contributed by atoms with Crippen LogP contribution in [0.2, 0.25) is 0 Å². The zero-order valence-electron chi connectivity index (χ0n) is 5.08. The van der Waals surface area contributed by atoms with Crippen LogP contribution in [0.1, 0.15) is 0 Å². The number of rotatable bonds is 0. The van der Waals surface area contributed by atoms with Crippen LogP contribution in [0.25, 0.3) is 0 Å². The van der Waals surface area contributed by atoms with Gasteiger partial charge in [-0.3, -0.25) is 0 Å². The summed E-state index contributed by atoms with van der Waals surface area (Å²) in [6.07, 6.45) is 0. The Bertz CT molecular complexity index is 156. The van der Waals surface area contributed by atoms with E-state index in [-0.39, 0.29) is 35.7 Å².